The van der Waals surface area contributed by atoms with Crippen LogP contribution in [0.25, 0.3) is 0 Å². The van der Waals surface area contributed by atoms with Crippen molar-refractivity contribution >= 4 is 34.2 Å². The highest BCUT2D eigenvalue weighted by Gasteiger charge is 2.07. The van der Waals surface area contributed by atoms with Crippen LogP contribution in [-0.2, 0) is 4.79 Å². The molecule has 0 fully saturated rings. The Balaban J connectivity index is 0.00000312. The van der Waals surface area contributed by atoms with E-state index in [-0.39, 0.29) is 24.4 Å². The molecule has 0 heterocycles. The minimum atomic E-state index is -0.170. The molecule has 1 unspecified atom stereocenters. The number of amides is 1. The van der Waals surface area contributed by atoms with Gasteiger partial charge in [0, 0.05) is 23.5 Å². The van der Waals surface area contributed by atoms with E-state index in [1.807, 2.05) is 54.6 Å². The number of nitrogens with two attached hydrogens (primary N) is 1. The van der Waals surface area contributed by atoms with Crippen molar-refractivity contribution in [2.45, 2.75) is 25.3 Å². The van der Waals surface area contributed by atoms with Crippen molar-refractivity contribution in [2.24, 2.45) is 5.73 Å². The lowest BCUT2D eigenvalue weighted by Gasteiger charge is -2.13. The summed E-state index contributed by atoms with van der Waals surface area (Å²) in [4.78, 5) is 11.8. The number of rotatable bonds is 9. The molecule has 3 N–H and O–H groups in total. The summed E-state index contributed by atoms with van der Waals surface area (Å²) in [5.74, 6) is 0.876. The molecule has 0 bridgehead atoms. The summed E-state index contributed by atoms with van der Waals surface area (Å²) in [7, 11) is 0. The normalized spacial score (nSPS) is 11.3. The van der Waals surface area contributed by atoms with E-state index < -0.39 is 0 Å². The minimum Gasteiger partial charge on any atom is -0.494 e. The first-order chi connectivity index (χ1) is 11.6. The van der Waals surface area contributed by atoms with Gasteiger partial charge in [-0.05, 0) is 42.7 Å². The SMILES string of the molecule is Cl.NC(CNC(=O)CCCCOc1ccc(Br)cc1)c1ccccc1. The molecule has 1 amide bonds. The van der Waals surface area contributed by atoms with Crippen LogP contribution in [0, 0.1) is 0 Å². The topological polar surface area (TPSA) is 64.3 Å². The van der Waals surface area contributed by atoms with Crippen LogP contribution in [0.15, 0.2) is 59.1 Å². The van der Waals surface area contributed by atoms with Crippen molar-refractivity contribution in [3.63, 3.8) is 0 Å². The largest absolute Gasteiger partial charge is 0.494 e. The van der Waals surface area contributed by atoms with Crippen LogP contribution in [0.4, 0.5) is 0 Å². The van der Waals surface area contributed by atoms with Gasteiger partial charge in [0.1, 0.15) is 5.75 Å². The Morgan fingerprint density at radius 3 is 2.44 bits per heavy atom. The zero-order chi connectivity index (χ0) is 17.2. The molecule has 0 aliphatic carbocycles. The third-order valence-corrected chi connectivity index (χ3v) is 4.16. The Morgan fingerprint density at radius 1 is 1.08 bits per heavy atom. The van der Waals surface area contributed by atoms with Crippen LogP contribution in [0.2, 0.25) is 0 Å². The van der Waals surface area contributed by atoms with Crippen molar-refractivity contribution in [2.75, 3.05) is 13.2 Å². The number of nitrogens with one attached hydrogen (secondary N) is 1. The highest BCUT2D eigenvalue weighted by molar-refractivity contribution is 9.10. The molecule has 2 rings (SSSR count). The predicted octanol–water partition coefficient (Wildman–Crippen LogP) is 4.24. The number of hydrogen-bond donors (Lipinski definition) is 2. The van der Waals surface area contributed by atoms with Crippen molar-refractivity contribution in [1.82, 2.24) is 5.32 Å². The van der Waals surface area contributed by atoms with E-state index in [4.69, 9.17) is 10.5 Å². The quantitative estimate of drug-likeness (QED) is 0.588. The van der Waals surface area contributed by atoms with Gasteiger partial charge in [0.2, 0.25) is 5.91 Å². The molecule has 136 valence electrons. The third-order valence-electron chi connectivity index (χ3n) is 3.63. The van der Waals surface area contributed by atoms with Crippen LogP contribution in [0.5, 0.6) is 5.75 Å². The molecular weight excluding hydrogens is 404 g/mol. The monoisotopic (exact) mass is 426 g/mol. The number of halogens is 2. The molecule has 0 spiro atoms. The Hall–Kier alpha value is -1.56. The second-order valence-electron chi connectivity index (χ2n) is 5.58. The molecule has 0 saturated carbocycles. The van der Waals surface area contributed by atoms with Gasteiger partial charge in [0.25, 0.3) is 0 Å². The average molecular weight is 428 g/mol. The summed E-state index contributed by atoms with van der Waals surface area (Å²) in [5, 5.41) is 2.89. The lowest BCUT2D eigenvalue weighted by atomic mass is 10.1. The molecule has 0 aromatic heterocycles. The molecular formula is C19H24BrClN2O2. The molecule has 1 atom stereocenters. The standard InChI is InChI=1S/C19H23BrN2O2.ClH/c20-16-9-11-17(12-10-16)24-13-5-4-8-19(23)22-14-18(21)15-6-2-1-3-7-15;/h1-3,6-7,9-12,18H,4-5,8,13-14,21H2,(H,22,23);1H. The van der Waals surface area contributed by atoms with E-state index in [9.17, 15) is 4.79 Å². The second-order valence-corrected chi connectivity index (χ2v) is 6.50. The van der Waals surface area contributed by atoms with Crippen molar-refractivity contribution in [3.05, 3.63) is 64.6 Å². The van der Waals surface area contributed by atoms with E-state index in [1.54, 1.807) is 0 Å². The van der Waals surface area contributed by atoms with Crippen LogP contribution in [-0.4, -0.2) is 19.1 Å². The highest BCUT2D eigenvalue weighted by Crippen LogP contribution is 2.16. The van der Waals surface area contributed by atoms with Gasteiger partial charge in [-0.2, -0.15) is 0 Å². The summed E-state index contributed by atoms with van der Waals surface area (Å²) in [6.07, 6.45) is 2.13. The number of ether oxygens (including phenoxy) is 1. The molecule has 2 aromatic rings. The highest BCUT2D eigenvalue weighted by atomic mass is 79.9. The molecule has 6 heteroatoms. The maximum absolute atomic E-state index is 11.8. The van der Waals surface area contributed by atoms with Gasteiger partial charge in [-0.15, -0.1) is 12.4 Å². The van der Waals surface area contributed by atoms with E-state index in [1.165, 1.54) is 0 Å². The Labute approximate surface area is 163 Å². The number of carbonyl (C=O) groups is 1. The second kappa shape index (κ2) is 11.9. The van der Waals surface area contributed by atoms with Gasteiger partial charge < -0.3 is 15.8 Å². The first kappa shape index (κ1) is 21.5. The van der Waals surface area contributed by atoms with Gasteiger partial charge in [0.05, 0.1) is 6.61 Å². The van der Waals surface area contributed by atoms with E-state index in [0.717, 1.165) is 28.6 Å². The molecule has 0 aliphatic rings. The van der Waals surface area contributed by atoms with Crippen molar-refractivity contribution < 1.29 is 9.53 Å². The van der Waals surface area contributed by atoms with Crippen LogP contribution < -0.4 is 15.8 Å². The lowest BCUT2D eigenvalue weighted by molar-refractivity contribution is -0.121. The zero-order valence-electron chi connectivity index (χ0n) is 14.0. The number of unbranched alkanes of at least 4 members (excludes halogenated alkanes) is 1. The Morgan fingerprint density at radius 2 is 1.76 bits per heavy atom. The molecule has 25 heavy (non-hydrogen) atoms. The summed E-state index contributed by atoms with van der Waals surface area (Å²) in [5.41, 5.74) is 7.09. The van der Waals surface area contributed by atoms with Gasteiger partial charge in [-0.25, -0.2) is 0 Å². The van der Waals surface area contributed by atoms with E-state index >= 15 is 0 Å². The molecule has 0 radical (unpaired) electrons. The zero-order valence-corrected chi connectivity index (χ0v) is 16.4. The van der Waals surface area contributed by atoms with Crippen molar-refractivity contribution in [1.29, 1.82) is 0 Å². The van der Waals surface area contributed by atoms with Crippen LogP contribution in [0.3, 0.4) is 0 Å². The van der Waals surface area contributed by atoms with Gasteiger partial charge in [-0.3, -0.25) is 4.79 Å². The first-order valence-electron chi connectivity index (χ1n) is 8.11. The molecule has 0 saturated heterocycles. The molecule has 0 aliphatic heterocycles. The molecule has 2 aromatic carbocycles. The summed E-state index contributed by atoms with van der Waals surface area (Å²) in [6, 6.07) is 17.3. The summed E-state index contributed by atoms with van der Waals surface area (Å²) >= 11 is 3.39. The average Bonchev–Trinajstić information content (AvgIpc) is 2.61. The van der Waals surface area contributed by atoms with Crippen LogP contribution >= 0.6 is 28.3 Å². The van der Waals surface area contributed by atoms with E-state index in [2.05, 4.69) is 21.2 Å². The summed E-state index contributed by atoms with van der Waals surface area (Å²) in [6.45, 7) is 1.07. The lowest BCUT2D eigenvalue weighted by Crippen LogP contribution is -2.31. The van der Waals surface area contributed by atoms with Gasteiger partial charge >= 0.3 is 0 Å². The fraction of sp³-hybridized carbons (Fsp3) is 0.316. The van der Waals surface area contributed by atoms with E-state index in [0.29, 0.717) is 19.6 Å². The maximum Gasteiger partial charge on any atom is 0.220 e. The Kier molecular flexibility index (Phi) is 10.2. The predicted molar refractivity (Wildman–Crippen MR) is 107 cm³/mol. The van der Waals surface area contributed by atoms with Crippen LogP contribution in [0.1, 0.15) is 30.9 Å². The van der Waals surface area contributed by atoms with Gasteiger partial charge in [-0.1, -0.05) is 46.3 Å². The fourth-order valence-corrected chi connectivity index (χ4v) is 2.50. The minimum absolute atomic E-state index is 0. The Bertz CT molecular complexity index is 623. The third kappa shape index (κ3) is 8.38. The van der Waals surface area contributed by atoms with Gasteiger partial charge in [0.15, 0.2) is 0 Å². The number of benzene rings is 2. The first-order valence-corrected chi connectivity index (χ1v) is 8.90. The van der Waals surface area contributed by atoms with Crippen molar-refractivity contribution in [3.8, 4) is 5.75 Å². The smallest absolute Gasteiger partial charge is 0.220 e. The number of hydrogen-bond acceptors (Lipinski definition) is 3. The molecule has 4 nitrogen and oxygen atoms in total. The maximum atomic E-state index is 11.8. The fourth-order valence-electron chi connectivity index (χ4n) is 2.24. The summed E-state index contributed by atoms with van der Waals surface area (Å²) < 4.78 is 6.65. The number of carbonyl (C=O) groups excluding carboxylic acids is 1.